The number of fused-ring (bicyclic) bond motifs is 3. The van der Waals surface area contributed by atoms with Crippen LogP contribution in [0.15, 0.2) is 40.8 Å². The first-order valence-corrected chi connectivity index (χ1v) is 9.60. The fraction of sp³-hybridized carbons (Fsp3) is 0.409. The summed E-state index contributed by atoms with van der Waals surface area (Å²) in [5.41, 5.74) is 1.77. The van der Waals surface area contributed by atoms with Gasteiger partial charge in [-0.15, -0.1) is 0 Å². The number of furan rings is 1. The minimum atomic E-state index is 0.0321. The van der Waals surface area contributed by atoms with Crippen LogP contribution in [0.1, 0.15) is 35.9 Å². The number of carbonyl (C=O) groups excluding carboxylic acids is 1. The molecule has 1 amide bonds. The molecule has 0 spiro atoms. The zero-order chi connectivity index (χ0) is 18.1. The van der Waals surface area contributed by atoms with Gasteiger partial charge in [0.05, 0.1) is 0 Å². The summed E-state index contributed by atoms with van der Waals surface area (Å²) in [6, 6.07) is 12.3. The Labute approximate surface area is 154 Å². The van der Waals surface area contributed by atoms with Crippen LogP contribution in [0.3, 0.4) is 0 Å². The Morgan fingerprint density at radius 2 is 1.92 bits per heavy atom. The molecule has 136 valence electrons. The monoisotopic (exact) mass is 350 g/mol. The third-order valence-corrected chi connectivity index (χ3v) is 5.61. The van der Waals surface area contributed by atoms with E-state index in [-0.39, 0.29) is 5.91 Å². The van der Waals surface area contributed by atoms with Crippen molar-refractivity contribution in [3.63, 3.8) is 0 Å². The lowest BCUT2D eigenvalue weighted by molar-refractivity contribution is 0.0659. The molecule has 0 atom stereocenters. The van der Waals surface area contributed by atoms with Crippen LogP contribution in [0, 0.1) is 12.8 Å². The van der Waals surface area contributed by atoms with E-state index in [4.69, 9.17) is 4.42 Å². The van der Waals surface area contributed by atoms with Gasteiger partial charge in [-0.3, -0.25) is 4.79 Å². The van der Waals surface area contributed by atoms with Crippen LogP contribution in [0.2, 0.25) is 0 Å². The number of carbonyl (C=O) groups is 1. The van der Waals surface area contributed by atoms with Gasteiger partial charge < -0.3 is 14.6 Å². The van der Waals surface area contributed by atoms with Crippen molar-refractivity contribution in [1.29, 1.82) is 0 Å². The second-order valence-electron chi connectivity index (χ2n) is 7.26. The summed E-state index contributed by atoms with van der Waals surface area (Å²) in [5, 5.41) is 6.65. The maximum Gasteiger partial charge on any atom is 0.289 e. The van der Waals surface area contributed by atoms with Gasteiger partial charge in [-0.25, -0.2) is 0 Å². The Bertz CT molecular complexity index is 936. The van der Waals surface area contributed by atoms with Gasteiger partial charge >= 0.3 is 0 Å². The van der Waals surface area contributed by atoms with E-state index in [1.165, 1.54) is 0 Å². The molecule has 2 aromatic carbocycles. The zero-order valence-electron chi connectivity index (χ0n) is 15.5. The Kier molecular flexibility index (Phi) is 4.68. The molecule has 1 aliphatic rings. The van der Waals surface area contributed by atoms with Crippen LogP contribution in [0.5, 0.6) is 0 Å². The fourth-order valence-electron chi connectivity index (χ4n) is 3.99. The highest BCUT2D eigenvalue weighted by Gasteiger charge is 2.27. The van der Waals surface area contributed by atoms with Crippen LogP contribution in [0.4, 0.5) is 0 Å². The van der Waals surface area contributed by atoms with Gasteiger partial charge in [-0.2, -0.15) is 0 Å². The number of aryl methyl sites for hydroxylation is 1. The number of rotatable bonds is 4. The number of nitrogens with one attached hydrogen (secondary N) is 1. The molecular weight excluding hydrogens is 324 g/mol. The van der Waals surface area contributed by atoms with Crippen molar-refractivity contribution in [2.24, 2.45) is 5.92 Å². The molecule has 0 radical (unpaired) electrons. The molecule has 4 heteroatoms. The highest BCUT2D eigenvalue weighted by Crippen LogP contribution is 2.32. The van der Waals surface area contributed by atoms with E-state index in [1.807, 2.05) is 24.0 Å². The normalized spacial score (nSPS) is 15.8. The molecule has 1 aliphatic heterocycles. The molecule has 26 heavy (non-hydrogen) atoms. The fourth-order valence-corrected chi connectivity index (χ4v) is 3.99. The molecule has 1 saturated heterocycles. The molecule has 0 bridgehead atoms. The topological polar surface area (TPSA) is 45.5 Å². The summed E-state index contributed by atoms with van der Waals surface area (Å²) in [4.78, 5) is 15.0. The van der Waals surface area contributed by atoms with Gasteiger partial charge in [0, 0.05) is 29.4 Å². The molecular formula is C22H26N2O2. The van der Waals surface area contributed by atoms with Crippen LogP contribution in [-0.2, 0) is 0 Å². The van der Waals surface area contributed by atoms with Crippen LogP contribution < -0.4 is 5.32 Å². The number of amides is 1. The second-order valence-corrected chi connectivity index (χ2v) is 7.26. The lowest BCUT2D eigenvalue weighted by Gasteiger charge is -2.31. The molecule has 3 aromatic rings. The highest BCUT2D eigenvalue weighted by atomic mass is 16.3. The van der Waals surface area contributed by atoms with E-state index in [0.29, 0.717) is 11.7 Å². The molecule has 0 saturated carbocycles. The third-order valence-electron chi connectivity index (χ3n) is 5.61. The first-order chi connectivity index (χ1) is 12.7. The number of benzene rings is 2. The first-order valence-electron chi connectivity index (χ1n) is 9.60. The second kappa shape index (κ2) is 7.12. The van der Waals surface area contributed by atoms with E-state index in [1.54, 1.807) is 0 Å². The number of hydrogen-bond acceptors (Lipinski definition) is 3. The predicted octanol–water partition coefficient (Wildman–Crippen LogP) is 4.36. The van der Waals surface area contributed by atoms with Crippen molar-refractivity contribution in [2.75, 3.05) is 26.2 Å². The van der Waals surface area contributed by atoms with Gasteiger partial charge in [0.1, 0.15) is 5.58 Å². The average Bonchev–Trinajstić information content (AvgIpc) is 3.03. The summed E-state index contributed by atoms with van der Waals surface area (Å²) in [5.74, 6) is 1.20. The first kappa shape index (κ1) is 17.1. The van der Waals surface area contributed by atoms with Crippen molar-refractivity contribution in [3.8, 4) is 0 Å². The van der Waals surface area contributed by atoms with E-state index in [2.05, 4.69) is 36.5 Å². The summed E-state index contributed by atoms with van der Waals surface area (Å²) >= 11 is 0. The van der Waals surface area contributed by atoms with Crippen LogP contribution >= 0.6 is 0 Å². The number of hydrogen-bond donors (Lipinski definition) is 1. The highest BCUT2D eigenvalue weighted by molar-refractivity contribution is 6.08. The van der Waals surface area contributed by atoms with Gasteiger partial charge in [0.25, 0.3) is 5.91 Å². The molecule has 4 rings (SSSR count). The number of piperidine rings is 1. The molecule has 1 N–H and O–H groups in total. The van der Waals surface area contributed by atoms with Crippen LogP contribution in [0.25, 0.3) is 21.7 Å². The minimum Gasteiger partial charge on any atom is -0.450 e. The Morgan fingerprint density at radius 1 is 1.15 bits per heavy atom. The number of likely N-dealkylation sites (tertiary alicyclic amines) is 1. The van der Waals surface area contributed by atoms with E-state index >= 15 is 0 Å². The Balaban J connectivity index is 1.60. The quantitative estimate of drug-likeness (QED) is 0.760. The summed E-state index contributed by atoms with van der Waals surface area (Å²) in [7, 11) is 0. The van der Waals surface area contributed by atoms with E-state index < -0.39 is 0 Å². The maximum atomic E-state index is 13.1. The Morgan fingerprint density at radius 3 is 2.69 bits per heavy atom. The maximum absolute atomic E-state index is 13.1. The smallest absolute Gasteiger partial charge is 0.289 e. The average molecular weight is 350 g/mol. The zero-order valence-corrected chi connectivity index (χ0v) is 15.5. The van der Waals surface area contributed by atoms with Gasteiger partial charge in [-0.05, 0) is 44.2 Å². The van der Waals surface area contributed by atoms with Gasteiger partial charge in [0.2, 0.25) is 0 Å². The summed E-state index contributed by atoms with van der Waals surface area (Å²) in [6.07, 6.45) is 2.11. The van der Waals surface area contributed by atoms with E-state index in [9.17, 15) is 4.79 Å². The molecule has 2 heterocycles. The summed E-state index contributed by atoms with van der Waals surface area (Å²) in [6.45, 7) is 7.80. The Hall–Kier alpha value is -2.33. The van der Waals surface area contributed by atoms with Crippen molar-refractivity contribution >= 4 is 27.6 Å². The van der Waals surface area contributed by atoms with Crippen molar-refractivity contribution < 1.29 is 9.21 Å². The van der Waals surface area contributed by atoms with Crippen LogP contribution in [-0.4, -0.2) is 37.0 Å². The molecule has 0 unspecified atom stereocenters. The van der Waals surface area contributed by atoms with Crippen molar-refractivity contribution in [3.05, 3.63) is 47.7 Å². The SMILES string of the molecule is CCNCC1CCN(C(=O)c2oc3c(ccc4ccccc43)c2C)CC1. The molecule has 0 aliphatic carbocycles. The largest absolute Gasteiger partial charge is 0.450 e. The molecule has 4 nitrogen and oxygen atoms in total. The third kappa shape index (κ3) is 2.99. The standard InChI is InChI=1S/C22H26N2O2/c1-3-23-14-16-10-12-24(13-11-16)22(25)20-15(2)18-9-8-17-6-4-5-7-19(17)21(18)26-20/h4-9,16,23H,3,10-14H2,1-2H3. The van der Waals surface area contributed by atoms with Crippen molar-refractivity contribution in [1.82, 2.24) is 10.2 Å². The van der Waals surface area contributed by atoms with Gasteiger partial charge in [-0.1, -0.05) is 43.3 Å². The van der Waals surface area contributed by atoms with Crippen molar-refractivity contribution in [2.45, 2.75) is 26.7 Å². The minimum absolute atomic E-state index is 0.0321. The number of nitrogens with zero attached hydrogens (tertiary/aromatic N) is 1. The lowest BCUT2D eigenvalue weighted by Crippen LogP contribution is -2.40. The lowest BCUT2D eigenvalue weighted by atomic mass is 9.96. The molecule has 1 fully saturated rings. The van der Waals surface area contributed by atoms with Gasteiger partial charge in [0.15, 0.2) is 5.76 Å². The summed E-state index contributed by atoms with van der Waals surface area (Å²) < 4.78 is 6.12. The molecule has 1 aromatic heterocycles. The van der Waals surface area contributed by atoms with E-state index in [0.717, 1.165) is 66.3 Å². The predicted molar refractivity (Wildman–Crippen MR) is 106 cm³/mol.